The Hall–Kier alpha value is -6.49. The van der Waals surface area contributed by atoms with E-state index in [4.69, 9.17) is 28.7 Å². The lowest BCUT2D eigenvalue weighted by Gasteiger charge is -2.11. The molecule has 0 radical (unpaired) electrons. The van der Waals surface area contributed by atoms with Gasteiger partial charge in [0.15, 0.2) is 17.5 Å². The van der Waals surface area contributed by atoms with Gasteiger partial charge in [0.1, 0.15) is 0 Å². The van der Waals surface area contributed by atoms with Crippen LogP contribution in [-0.2, 0) is 0 Å². The van der Waals surface area contributed by atoms with E-state index in [1.807, 2.05) is 66.7 Å². The highest BCUT2D eigenvalue weighted by molar-refractivity contribution is 7.26. The van der Waals surface area contributed by atoms with Gasteiger partial charge in [0.05, 0.1) is 13.7 Å². The first kappa shape index (κ1) is 20.9. The van der Waals surface area contributed by atoms with Crippen LogP contribution in [0.2, 0.25) is 0 Å². The number of fused-ring (bicyclic) bond motifs is 6. The van der Waals surface area contributed by atoms with Gasteiger partial charge in [0.25, 0.3) is 0 Å². The first-order valence-electron chi connectivity index (χ1n) is 21.3. The Morgan fingerprint density at radius 1 is 0.412 bits per heavy atom. The smallest absolute Gasteiger partial charge is 0.164 e. The van der Waals surface area contributed by atoms with E-state index in [2.05, 4.69) is 36.4 Å². The van der Waals surface area contributed by atoms with Gasteiger partial charge in [-0.25, -0.2) is 15.0 Å². The van der Waals surface area contributed by atoms with Gasteiger partial charge in [0.2, 0.25) is 0 Å². The molecule has 2 aromatic heterocycles. The molecule has 0 aliphatic rings. The molecule has 0 aliphatic heterocycles. The van der Waals surface area contributed by atoms with Crippen molar-refractivity contribution in [1.82, 2.24) is 15.0 Å². The summed E-state index contributed by atoms with van der Waals surface area (Å²) in [5, 5.41) is 5.62. The van der Waals surface area contributed by atoms with E-state index in [9.17, 15) is 0 Å². The first-order valence-corrected chi connectivity index (χ1v) is 17.1. The van der Waals surface area contributed by atoms with Gasteiger partial charge in [-0.15, -0.1) is 11.3 Å². The molecule has 0 amide bonds. The molecule has 0 aliphatic carbocycles. The van der Waals surface area contributed by atoms with E-state index >= 15 is 0 Å². The van der Waals surface area contributed by atoms with Crippen molar-refractivity contribution in [2.24, 2.45) is 0 Å². The zero-order valence-electron chi connectivity index (χ0n) is 36.7. The third-order valence-corrected chi connectivity index (χ3v) is 10.3. The minimum atomic E-state index is -0.548. The summed E-state index contributed by atoms with van der Waals surface area (Å²) in [5.41, 5.74) is 2.47. The van der Waals surface area contributed by atoms with E-state index < -0.39 is 60.4 Å². The first-order chi connectivity index (χ1) is 29.4. The highest BCUT2D eigenvalue weighted by Crippen LogP contribution is 2.45. The van der Waals surface area contributed by atoms with Crippen LogP contribution >= 0.6 is 11.3 Å². The minimum absolute atomic E-state index is 0.0729. The molecule has 0 fully saturated rings. The standard InChI is InChI=1S/C47H29N3S/c1-4-13-30(14-5-1)36-28-40(31-15-6-2-7-16-31)44-41(29-36)43-39(21-12-22-42(43)51-44)47-49-45(33-18-8-3-9-19-33)48-46(50-47)35-25-26-38-34(27-35)24-23-32-17-10-11-20-37(32)38/h1-29H/i1D,2D,4D,5D,6D,7D,13D,14D,15D,16D. The Bertz CT molecular complexity index is 3440. The molecule has 0 unspecified atom stereocenters. The zero-order chi connectivity index (χ0) is 42.4. The molecule has 0 saturated heterocycles. The lowest BCUT2D eigenvalue weighted by atomic mass is 9.95. The zero-order valence-corrected chi connectivity index (χ0v) is 27.5. The molecule has 0 atom stereocenters. The summed E-state index contributed by atoms with van der Waals surface area (Å²) in [4.78, 5) is 15.1. The number of aromatic nitrogens is 3. The Morgan fingerprint density at radius 3 is 1.92 bits per heavy atom. The van der Waals surface area contributed by atoms with Crippen molar-refractivity contribution in [1.29, 1.82) is 0 Å². The minimum Gasteiger partial charge on any atom is -0.208 e. The molecule has 0 spiro atoms. The van der Waals surface area contributed by atoms with Gasteiger partial charge < -0.3 is 0 Å². The highest BCUT2D eigenvalue weighted by Gasteiger charge is 2.20. The summed E-state index contributed by atoms with van der Waals surface area (Å²) < 4.78 is 87.5. The fourth-order valence-electron chi connectivity index (χ4n) is 6.72. The van der Waals surface area contributed by atoms with Crippen LogP contribution in [0, 0.1) is 0 Å². The average Bonchev–Trinajstić information content (AvgIpc) is 3.68. The Labute approximate surface area is 313 Å². The molecule has 51 heavy (non-hydrogen) atoms. The number of nitrogens with zero attached hydrogens (tertiary/aromatic N) is 3. The largest absolute Gasteiger partial charge is 0.208 e. The summed E-state index contributed by atoms with van der Waals surface area (Å²) in [6.45, 7) is 0. The number of benzene rings is 8. The monoisotopic (exact) mass is 677 g/mol. The van der Waals surface area contributed by atoms with Crippen LogP contribution in [0.3, 0.4) is 0 Å². The maximum Gasteiger partial charge on any atom is 0.164 e. The van der Waals surface area contributed by atoms with Gasteiger partial charge in [-0.05, 0) is 62.5 Å². The van der Waals surface area contributed by atoms with Crippen LogP contribution in [0.4, 0.5) is 0 Å². The van der Waals surface area contributed by atoms with Gasteiger partial charge in [-0.1, -0.05) is 151 Å². The number of hydrogen-bond acceptors (Lipinski definition) is 4. The van der Waals surface area contributed by atoms with Crippen molar-refractivity contribution in [3.63, 3.8) is 0 Å². The maximum atomic E-state index is 8.96. The quantitative estimate of drug-likeness (QED) is 0.170. The van der Waals surface area contributed by atoms with E-state index in [0.29, 0.717) is 38.5 Å². The number of hydrogen-bond donors (Lipinski definition) is 0. The number of rotatable bonds is 5. The molecule has 0 N–H and O–H groups in total. The Morgan fingerprint density at radius 2 is 1.10 bits per heavy atom. The average molecular weight is 678 g/mol. The second-order valence-electron chi connectivity index (χ2n) is 12.1. The van der Waals surface area contributed by atoms with Crippen LogP contribution in [-0.4, -0.2) is 15.0 Å². The molecule has 2 heterocycles. The number of thiophene rings is 1. The third kappa shape index (κ3) is 5.16. The van der Waals surface area contributed by atoms with Crippen molar-refractivity contribution < 1.29 is 13.7 Å². The van der Waals surface area contributed by atoms with Crippen LogP contribution in [0.5, 0.6) is 0 Å². The highest BCUT2D eigenvalue weighted by atomic mass is 32.1. The molecular weight excluding hydrogens is 639 g/mol. The van der Waals surface area contributed by atoms with Crippen molar-refractivity contribution in [3.05, 3.63) is 176 Å². The molecule has 10 aromatic rings. The molecule has 0 saturated carbocycles. The van der Waals surface area contributed by atoms with Crippen LogP contribution in [0.1, 0.15) is 13.7 Å². The second-order valence-corrected chi connectivity index (χ2v) is 13.1. The van der Waals surface area contributed by atoms with E-state index in [-0.39, 0.29) is 22.3 Å². The fourth-order valence-corrected chi connectivity index (χ4v) is 7.95. The molecule has 0 bridgehead atoms. The van der Waals surface area contributed by atoms with Crippen LogP contribution in [0.25, 0.3) is 98.1 Å². The predicted molar refractivity (Wildman–Crippen MR) is 215 cm³/mol. The fraction of sp³-hybridized carbons (Fsp3) is 0. The predicted octanol–water partition coefficient (Wildman–Crippen LogP) is 12.9. The van der Waals surface area contributed by atoms with E-state index in [1.165, 1.54) is 11.3 Å². The lowest BCUT2D eigenvalue weighted by molar-refractivity contribution is 1.08. The summed E-state index contributed by atoms with van der Waals surface area (Å²) in [6, 6.07) is 32.2. The molecule has 10 rings (SSSR count). The lowest BCUT2D eigenvalue weighted by Crippen LogP contribution is -2.00. The summed E-state index contributed by atoms with van der Waals surface area (Å²) in [5.74, 6) is 1.23. The molecule has 4 heteroatoms. The Kier molecular flexibility index (Phi) is 4.97. The summed E-state index contributed by atoms with van der Waals surface area (Å²) in [6.07, 6.45) is 0. The normalized spacial score (nSPS) is 14.3. The molecular formula is C47H29N3S. The second kappa shape index (κ2) is 12.1. The molecule has 238 valence electrons. The van der Waals surface area contributed by atoms with Crippen molar-refractivity contribution in [2.75, 3.05) is 0 Å². The molecule has 8 aromatic carbocycles. The topological polar surface area (TPSA) is 38.7 Å². The van der Waals surface area contributed by atoms with E-state index in [0.717, 1.165) is 37.4 Å². The van der Waals surface area contributed by atoms with Gasteiger partial charge in [-0.2, -0.15) is 0 Å². The van der Waals surface area contributed by atoms with Gasteiger partial charge >= 0.3 is 0 Å². The van der Waals surface area contributed by atoms with Crippen molar-refractivity contribution >= 4 is 53.1 Å². The van der Waals surface area contributed by atoms with Crippen molar-refractivity contribution in [3.8, 4) is 56.4 Å². The Balaban J connectivity index is 1.28. The SMILES string of the molecule is [2H]c1c([2H])c([2H])c(-c2cc(-c3c([2H])c([2H])c([2H])c([2H])c3[2H])c3sc4cccc(-c5nc(-c6ccccc6)nc(-c6ccc7c(ccc8ccccc87)c6)n5)c4c3c2)c([2H])c1[2H]. The van der Waals surface area contributed by atoms with Gasteiger partial charge in [-0.3, -0.25) is 0 Å². The van der Waals surface area contributed by atoms with Crippen LogP contribution in [0.15, 0.2) is 176 Å². The summed E-state index contributed by atoms with van der Waals surface area (Å²) in [7, 11) is 0. The maximum absolute atomic E-state index is 8.96. The van der Waals surface area contributed by atoms with E-state index in [1.54, 1.807) is 12.1 Å². The molecule has 3 nitrogen and oxygen atoms in total. The third-order valence-electron chi connectivity index (χ3n) is 9.07. The van der Waals surface area contributed by atoms with Crippen molar-refractivity contribution in [2.45, 2.75) is 0 Å². The summed E-state index contributed by atoms with van der Waals surface area (Å²) >= 11 is 1.34. The van der Waals surface area contributed by atoms with Gasteiger partial charge in [0, 0.05) is 42.4 Å². The van der Waals surface area contributed by atoms with Crippen LogP contribution < -0.4 is 0 Å².